The number of amides is 3. The third-order valence-electron chi connectivity index (χ3n) is 6.29. The molecule has 2 saturated heterocycles. The van der Waals surface area contributed by atoms with Gasteiger partial charge in [-0.25, -0.2) is 4.79 Å². The summed E-state index contributed by atoms with van der Waals surface area (Å²) in [5, 5.41) is 6.26. The predicted molar refractivity (Wildman–Crippen MR) is 122 cm³/mol. The highest BCUT2D eigenvalue weighted by Crippen LogP contribution is 2.25. The zero-order valence-corrected chi connectivity index (χ0v) is 19.2. The quantitative estimate of drug-likeness (QED) is 0.722. The number of nitrogens with one attached hydrogen (secondary N) is 2. The number of carbonyl (C=O) groups is 2. The Balaban J connectivity index is 1.26. The van der Waals surface area contributed by atoms with Gasteiger partial charge in [-0.05, 0) is 63.6 Å². The number of anilines is 1. The Morgan fingerprint density at radius 1 is 1.10 bits per heavy atom. The van der Waals surface area contributed by atoms with Crippen molar-refractivity contribution in [2.24, 2.45) is 5.92 Å². The number of rotatable bonds is 5. The number of hydrogen-bond acceptors (Lipinski definition) is 4. The highest BCUT2D eigenvalue weighted by atomic mass is 35.5. The van der Waals surface area contributed by atoms with E-state index in [9.17, 15) is 9.59 Å². The molecule has 0 bridgehead atoms. The van der Waals surface area contributed by atoms with Crippen molar-refractivity contribution in [3.63, 3.8) is 0 Å². The van der Waals surface area contributed by atoms with Crippen molar-refractivity contribution in [3.8, 4) is 0 Å². The van der Waals surface area contributed by atoms with E-state index in [0.717, 1.165) is 58.4 Å². The molecule has 3 aliphatic rings. The Labute approximate surface area is 189 Å². The summed E-state index contributed by atoms with van der Waals surface area (Å²) in [5.41, 5.74) is 0.993. The molecular formula is C23H33ClN4O3. The van der Waals surface area contributed by atoms with Gasteiger partial charge >= 0.3 is 6.03 Å². The van der Waals surface area contributed by atoms with E-state index in [2.05, 4.69) is 29.4 Å². The van der Waals surface area contributed by atoms with Crippen molar-refractivity contribution < 1.29 is 14.3 Å². The van der Waals surface area contributed by atoms with Crippen LogP contribution in [0.1, 0.15) is 49.9 Å². The smallest absolute Gasteiger partial charge is 0.321 e. The van der Waals surface area contributed by atoms with Crippen molar-refractivity contribution in [2.45, 2.75) is 57.8 Å². The number of benzene rings is 1. The van der Waals surface area contributed by atoms with E-state index in [1.807, 2.05) is 4.90 Å². The third-order valence-corrected chi connectivity index (χ3v) is 6.62. The maximum atomic E-state index is 12.8. The highest BCUT2D eigenvalue weighted by Gasteiger charge is 2.28. The lowest BCUT2D eigenvalue weighted by Gasteiger charge is -2.39. The topological polar surface area (TPSA) is 73.9 Å². The molecular weight excluding hydrogens is 416 g/mol. The van der Waals surface area contributed by atoms with Crippen LogP contribution in [0.5, 0.6) is 0 Å². The maximum absolute atomic E-state index is 12.8. The van der Waals surface area contributed by atoms with E-state index in [4.69, 9.17) is 16.3 Å². The fourth-order valence-electron chi connectivity index (χ4n) is 4.59. The number of ether oxygens (including phenoxy) is 1. The van der Waals surface area contributed by atoms with Gasteiger partial charge in [0.15, 0.2) is 0 Å². The molecule has 1 saturated carbocycles. The normalized spacial score (nSPS) is 25.3. The van der Waals surface area contributed by atoms with Crippen LogP contribution in [0.15, 0.2) is 18.2 Å². The van der Waals surface area contributed by atoms with Crippen molar-refractivity contribution in [2.75, 3.05) is 38.0 Å². The Kier molecular flexibility index (Phi) is 7.04. The SMILES string of the molecule is CC1CN(CC2CCN(C(=O)Nc3ccc(Cl)c(C(=O)NC4CC4)c3)CC2)CC(C)O1. The van der Waals surface area contributed by atoms with Crippen LogP contribution in [0, 0.1) is 5.92 Å². The summed E-state index contributed by atoms with van der Waals surface area (Å²) in [7, 11) is 0. The molecule has 1 aliphatic carbocycles. The van der Waals surface area contributed by atoms with Gasteiger partial charge in [0.1, 0.15) is 0 Å². The van der Waals surface area contributed by atoms with Gasteiger partial charge in [-0.3, -0.25) is 9.69 Å². The van der Waals surface area contributed by atoms with Crippen molar-refractivity contribution >= 4 is 29.2 Å². The van der Waals surface area contributed by atoms with Crippen LogP contribution < -0.4 is 10.6 Å². The molecule has 3 fully saturated rings. The number of hydrogen-bond donors (Lipinski definition) is 2. The van der Waals surface area contributed by atoms with Gasteiger partial charge in [0.25, 0.3) is 5.91 Å². The van der Waals surface area contributed by atoms with Crippen LogP contribution in [0.2, 0.25) is 5.02 Å². The predicted octanol–water partition coefficient (Wildman–Crippen LogP) is 3.59. The highest BCUT2D eigenvalue weighted by molar-refractivity contribution is 6.34. The number of nitrogens with zero attached hydrogens (tertiary/aromatic N) is 2. The number of piperidine rings is 1. The molecule has 0 radical (unpaired) electrons. The monoisotopic (exact) mass is 448 g/mol. The summed E-state index contributed by atoms with van der Waals surface area (Å²) in [6.07, 6.45) is 4.60. The molecule has 4 rings (SSSR count). The number of likely N-dealkylation sites (tertiary alicyclic amines) is 1. The number of urea groups is 1. The van der Waals surface area contributed by atoms with Gasteiger partial charge < -0.3 is 20.3 Å². The first-order valence-electron chi connectivity index (χ1n) is 11.4. The van der Waals surface area contributed by atoms with E-state index < -0.39 is 0 Å². The fraction of sp³-hybridized carbons (Fsp3) is 0.652. The minimum atomic E-state index is -0.184. The zero-order chi connectivity index (χ0) is 22.0. The molecule has 1 aromatic rings. The average molecular weight is 449 g/mol. The van der Waals surface area contributed by atoms with Gasteiger partial charge in [-0.1, -0.05) is 11.6 Å². The summed E-state index contributed by atoms with van der Waals surface area (Å²) >= 11 is 6.20. The third kappa shape index (κ3) is 6.11. The molecule has 2 aliphatic heterocycles. The Hall–Kier alpha value is -1.83. The second kappa shape index (κ2) is 9.76. The second-order valence-corrected chi connectivity index (χ2v) is 9.69. The van der Waals surface area contributed by atoms with E-state index in [-0.39, 0.29) is 30.2 Å². The molecule has 170 valence electrons. The lowest BCUT2D eigenvalue weighted by molar-refractivity contribution is -0.0728. The zero-order valence-electron chi connectivity index (χ0n) is 18.4. The van der Waals surface area contributed by atoms with Gasteiger partial charge in [-0.15, -0.1) is 0 Å². The van der Waals surface area contributed by atoms with Gasteiger partial charge in [-0.2, -0.15) is 0 Å². The number of halogens is 1. The molecule has 31 heavy (non-hydrogen) atoms. The lowest BCUT2D eigenvalue weighted by atomic mass is 9.96. The molecule has 1 aromatic carbocycles. The van der Waals surface area contributed by atoms with Crippen molar-refractivity contribution in [1.82, 2.24) is 15.1 Å². The summed E-state index contributed by atoms with van der Waals surface area (Å²) in [6, 6.07) is 5.19. The molecule has 2 heterocycles. The lowest BCUT2D eigenvalue weighted by Crippen LogP contribution is -2.49. The van der Waals surface area contributed by atoms with Gasteiger partial charge in [0, 0.05) is 44.5 Å². The minimum Gasteiger partial charge on any atom is -0.373 e. The molecule has 0 aromatic heterocycles. The van der Waals surface area contributed by atoms with E-state index in [0.29, 0.717) is 22.2 Å². The van der Waals surface area contributed by atoms with Gasteiger partial charge in [0.05, 0.1) is 22.8 Å². The molecule has 2 unspecified atom stereocenters. The molecule has 7 nitrogen and oxygen atoms in total. The summed E-state index contributed by atoms with van der Waals surface area (Å²) in [5.74, 6) is 0.422. The maximum Gasteiger partial charge on any atom is 0.321 e. The molecule has 0 spiro atoms. The van der Waals surface area contributed by atoms with Crippen LogP contribution in [-0.4, -0.2) is 72.7 Å². The minimum absolute atomic E-state index is 0.122. The molecule has 8 heteroatoms. The molecule has 3 amide bonds. The number of carbonyl (C=O) groups excluding carboxylic acids is 2. The number of morpholine rings is 1. The van der Waals surface area contributed by atoms with Crippen molar-refractivity contribution in [1.29, 1.82) is 0 Å². The van der Waals surface area contributed by atoms with E-state index >= 15 is 0 Å². The summed E-state index contributed by atoms with van der Waals surface area (Å²) in [6.45, 7) is 8.80. The molecule has 2 N–H and O–H groups in total. The standard InChI is InChI=1S/C23H33ClN4O3/c1-15-12-27(13-16(2)31-15)14-17-7-9-28(10-8-17)23(30)26-19-5-6-21(24)20(11-19)22(29)25-18-3-4-18/h5-6,11,15-18H,3-4,7-10,12-14H2,1-2H3,(H,25,29)(H,26,30). The second-order valence-electron chi connectivity index (χ2n) is 9.28. The Morgan fingerprint density at radius 3 is 2.42 bits per heavy atom. The Bertz CT molecular complexity index is 798. The van der Waals surface area contributed by atoms with Crippen LogP contribution in [0.3, 0.4) is 0 Å². The van der Waals surface area contributed by atoms with E-state index in [1.165, 1.54) is 0 Å². The summed E-state index contributed by atoms with van der Waals surface area (Å²) < 4.78 is 5.83. The average Bonchev–Trinajstić information content (AvgIpc) is 3.53. The van der Waals surface area contributed by atoms with Crippen LogP contribution in [0.25, 0.3) is 0 Å². The first-order chi connectivity index (χ1) is 14.9. The van der Waals surface area contributed by atoms with Crippen molar-refractivity contribution in [3.05, 3.63) is 28.8 Å². The first-order valence-corrected chi connectivity index (χ1v) is 11.8. The fourth-order valence-corrected chi connectivity index (χ4v) is 4.79. The molecule has 2 atom stereocenters. The Morgan fingerprint density at radius 2 is 1.77 bits per heavy atom. The first kappa shape index (κ1) is 22.4. The van der Waals surface area contributed by atoms with Crippen LogP contribution >= 0.6 is 11.6 Å². The van der Waals surface area contributed by atoms with Crippen LogP contribution in [-0.2, 0) is 4.74 Å². The van der Waals surface area contributed by atoms with E-state index in [1.54, 1.807) is 18.2 Å². The summed E-state index contributed by atoms with van der Waals surface area (Å²) in [4.78, 5) is 29.5. The largest absolute Gasteiger partial charge is 0.373 e. The van der Waals surface area contributed by atoms with Crippen LogP contribution in [0.4, 0.5) is 10.5 Å². The van der Waals surface area contributed by atoms with Gasteiger partial charge in [0.2, 0.25) is 0 Å².